The van der Waals surface area contributed by atoms with Gasteiger partial charge in [-0.05, 0) is 42.8 Å². The van der Waals surface area contributed by atoms with Crippen molar-refractivity contribution in [2.75, 3.05) is 0 Å². The Kier molecular flexibility index (Phi) is 5.40. The van der Waals surface area contributed by atoms with Gasteiger partial charge in [0.05, 0.1) is 17.2 Å². The molecule has 4 nitrogen and oxygen atoms in total. The minimum absolute atomic E-state index is 0.212. The molecule has 1 amide bonds. The topological polar surface area (TPSA) is 51.2 Å². The number of nitrogens with zero attached hydrogens (tertiary/aromatic N) is 1. The first kappa shape index (κ1) is 17.1. The molecule has 3 rings (SSSR count). The number of nitrogens with one attached hydrogen (secondary N) is 1. The van der Waals surface area contributed by atoms with Crippen LogP contribution in [0.3, 0.4) is 0 Å². The Balaban J connectivity index is 1.63. The summed E-state index contributed by atoms with van der Waals surface area (Å²) in [5.41, 5.74) is 3.94. The number of ether oxygens (including phenoxy) is 1. The number of benzene rings is 2. The summed E-state index contributed by atoms with van der Waals surface area (Å²) in [4.78, 5) is 16.6. The van der Waals surface area contributed by atoms with Crippen molar-refractivity contribution in [3.63, 3.8) is 0 Å². The van der Waals surface area contributed by atoms with E-state index in [4.69, 9.17) is 4.74 Å². The van der Waals surface area contributed by atoms with Gasteiger partial charge in [-0.25, -0.2) is 9.37 Å². The summed E-state index contributed by atoms with van der Waals surface area (Å²) in [6.07, 6.45) is 0. The molecule has 6 heteroatoms. The molecule has 0 radical (unpaired) electrons. The minimum atomic E-state index is -0.299. The van der Waals surface area contributed by atoms with E-state index < -0.39 is 0 Å². The fourth-order valence-corrected chi connectivity index (χ4v) is 2.85. The van der Waals surface area contributed by atoms with Gasteiger partial charge >= 0.3 is 0 Å². The van der Waals surface area contributed by atoms with Crippen LogP contribution >= 0.6 is 11.3 Å². The van der Waals surface area contributed by atoms with Crippen LogP contribution in [0.4, 0.5) is 4.39 Å². The van der Waals surface area contributed by atoms with Crippen molar-refractivity contribution in [3.8, 4) is 5.75 Å². The van der Waals surface area contributed by atoms with Crippen LogP contribution in [0.1, 0.15) is 34.6 Å². The van der Waals surface area contributed by atoms with Crippen LogP contribution in [0.2, 0.25) is 0 Å². The van der Waals surface area contributed by atoms with Crippen LogP contribution in [0, 0.1) is 5.82 Å². The largest absolute Gasteiger partial charge is 0.487 e. The van der Waals surface area contributed by atoms with Crippen LogP contribution in [-0.4, -0.2) is 10.9 Å². The molecule has 0 aliphatic rings. The number of hydrogen-bond acceptors (Lipinski definition) is 4. The third-order valence-electron chi connectivity index (χ3n) is 3.68. The average molecular weight is 356 g/mol. The van der Waals surface area contributed by atoms with Crippen molar-refractivity contribution in [2.24, 2.45) is 0 Å². The molecule has 1 heterocycles. The molecule has 1 N–H and O–H groups in total. The maximum atomic E-state index is 13.0. The molecule has 0 spiro atoms. The summed E-state index contributed by atoms with van der Waals surface area (Å²) >= 11 is 1.51. The molecule has 0 saturated carbocycles. The van der Waals surface area contributed by atoms with E-state index in [1.165, 1.54) is 23.5 Å². The van der Waals surface area contributed by atoms with Gasteiger partial charge in [0, 0.05) is 10.9 Å². The summed E-state index contributed by atoms with van der Waals surface area (Å²) in [6.45, 7) is 2.22. The van der Waals surface area contributed by atoms with Gasteiger partial charge in [0.1, 0.15) is 18.2 Å². The number of carbonyl (C=O) groups is 1. The molecule has 0 fully saturated rings. The van der Waals surface area contributed by atoms with Gasteiger partial charge in [-0.15, -0.1) is 11.3 Å². The van der Waals surface area contributed by atoms with Crippen molar-refractivity contribution in [1.82, 2.24) is 10.3 Å². The summed E-state index contributed by atoms with van der Waals surface area (Å²) in [5.74, 6) is 0.0956. The Hall–Kier alpha value is -2.73. The Labute approximate surface area is 149 Å². The zero-order chi connectivity index (χ0) is 17.6. The fourth-order valence-electron chi connectivity index (χ4n) is 2.31. The van der Waals surface area contributed by atoms with E-state index in [0.29, 0.717) is 17.9 Å². The van der Waals surface area contributed by atoms with Gasteiger partial charge in [0.15, 0.2) is 0 Å². The SMILES string of the molecule is CC(NC(=O)c1cccc(OCc2cscn2)c1)c1ccc(F)cc1. The zero-order valence-electron chi connectivity index (χ0n) is 13.6. The maximum Gasteiger partial charge on any atom is 0.251 e. The molecule has 0 aliphatic carbocycles. The van der Waals surface area contributed by atoms with Gasteiger partial charge in [-0.3, -0.25) is 4.79 Å². The van der Waals surface area contributed by atoms with Crippen molar-refractivity contribution in [3.05, 3.63) is 82.1 Å². The smallest absolute Gasteiger partial charge is 0.251 e. The van der Waals surface area contributed by atoms with E-state index in [1.807, 2.05) is 12.3 Å². The van der Waals surface area contributed by atoms with E-state index in [9.17, 15) is 9.18 Å². The van der Waals surface area contributed by atoms with Gasteiger partial charge < -0.3 is 10.1 Å². The number of rotatable bonds is 6. The van der Waals surface area contributed by atoms with Crippen LogP contribution in [-0.2, 0) is 6.61 Å². The molecule has 0 bridgehead atoms. The molecule has 1 aromatic heterocycles. The predicted octanol–water partition coefficient (Wildman–Crippen LogP) is 4.35. The Morgan fingerprint density at radius 2 is 2.08 bits per heavy atom. The Bertz CT molecular complexity index is 835. The Morgan fingerprint density at radius 1 is 1.28 bits per heavy atom. The normalized spacial score (nSPS) is 11.8. The van der Waals surface area contributed by atoms with Crippen molar-refractivity contribution >= 4 is 17.2 Å². The van der Waals surface area contributed by atoms with E-state index in [0.717, 1.165) is 11.3 Å². The van der Waals surface area contributed by atoms with Crippen LogP contribution in [0.25, 0.3) is 0 Å². The average Bonchev–Trinajstić information content (AvgIpc) is 3.14. The molecule has 128 valence electrons. The third kappa shape index (κ3) is 4.64. The highest BCUT2D eigenvalue weighted by molar-refractivity contribution is 7.07. The van der Waals surface area contributed by atoms with Crippen molar-refractivity contribution in [2.45, 2.75) is 19.6 Å². The van der Waals surface area contributed by atoms with Crippen LogP contribution in [0.15, 0.2) is 59.4 Å². The standard InChI is InChI=1S/C19H17FN2O2S/c1-13(14-5-7-16(20)8-6-14)22-19(23)15-3-2-4-18(9-15)24-10-17-11-25-12-21-17/h2-9,11-13H,10H2,1H3,(H,22,23). The summed E-state index contributed by atoms with van der Waals surface area (Å²) in [6, 6.07) is 12.8. The second kappa shape index (κ2) is 7.90. The highest BCUT2D eigenvalue weighted by Gasteiger charge is 2.12. The van der Waals surface area contributed by atoms with E-state index in [1.54, 1.807) is 41.9 Å². The number of aromatic nitrogens is 1. The predicted molar refractivity (Wildman–Crippen MR) is 95.2 cm³/mol. The highest BCUT2D eigenvalue weighted by atomic mass is 32.1. The molecular weight excluding hydrogens is 339 g/mol. The molecule has 25 heavy (non-hydrogen) atoms. The second-order valence-electron chi connectivity index (χ2n) is 5.54. The molecule has 1 atom stereocenters. The molecule has 0 saturated heterocycles. The van der Waals surface area contributed by atoms with Crippen LogP contribution < -0.4 is 10.1 Å². The number of thiazole rings is 1. The summed E-state index contributed by atoms with van der Waals surface area (Å²) in [5, 5.41) is 4.82. The van der Waals surface area contributed by atoms with Gasteiger partial charge in [-0.2, -0.15) is 0 Å². The van der Waals surface area contributed by atoms with E-state index in [2.05, 4.69) is 10.3 Å². The lowest BCUT2D eigenvalue weighted by molar-refractivity contribution is 0.0939. The summed E-state index contributed by atoms with van der Waals surface area (Å²) < 4.78 is 18.7. The molecule has 1 unspecified atom stereocenters. The van der Waals surface area contributed by atoms with Gasteiger partial charge in [0.2, 0.25) is 0 Å². The van der Waals surface area contributed by atoms with E-state index >= 15 is 0 Å². The van der Waals surface area contributed by atoms with Gasteiger partial charge in [0.25, 0.3) is 5.91 Å². The van der Waals surface area contributed by atoms with Crippen LogP contribution in [0.5, 0.6) is 5.75 Å². The van der Waals surface area contributed by atoms with E-state index in [-0.39, 0.29) is 17.8 Å². The monoisotopic (exact) mass is 356 g/mol. The molecular formula is C19H17FN2O2S. The fraction of sp³-hybridized carbons (Fsp3) is 0.158. The first-order valence-electron chi connectivity index (χ1n) is 7.78. The lowest BCUT2D eigenvalue weighted by Gasteiger charge is -2.15. The quantitative estimate of drug-likeness (QED) is 0.714. The van der Waals surface area contributed by atoms with Crippen molar-refractivity contribution in [1.29, 1.82) is 0 Å². The molecule has 0 aliphatic heterocycles. The summed E-state index contributed by atoms with van der Waals surface area (Å²) in [7, 11) is 0. The highest BCUT2D eigenvalue weighted by Crippen LogP contribution is 2.17. The zero-order valence-corrected chi connectivity index (χ0v) is 14.4. The number of halogens is 1. The minimum Gasteiger partial charge on any atom is -0.487 e. The molecule has 2 aromatic carbocycles. The number of carbonyl (C=O) groups excluding carboxylic acids is 1. The maximum absolute atomic E-state index is 13.0. The lowest BCUT2D eigenvalue weighted by atomic mass is 10.1. The second-order valence-corrected chi connectivity index (χ2v) is 6.26. The number of amides is 1. The number of hydrogen-bond donors (Lipinski definition) is 1. The third-order valence-corrected chi connectivity index (χ3v) is 4.32. The van der Waals surface area contributed by atoms with Gasteiger partial charge in [-0.1, -0.05) is 18.2 Å². The lowest BCUT2D eigenvalue weighted by Crippen LogP contribution is -2.26. The Morgan fingerprint density at radius 3 is 2.80 bits per heavy atom. The van der Waals surface area contributed by atoms with Crippen molar-refractivity contribution < 1.29 is 13.9 Å². The first-order chi connectivity index (χ1) is 12.1. The molecule has 3 aromatic rings. The first-order valence-corrected chi connectivity index (χ1v) is 8.72.